The molecule has 2 heterocycles. The molecule has 0 radical (unpaired) electrons. The Kier molecular flexibility index (Phi) is 8.17. The number of fused-ring (bicyclic) bond motifs is 1. The summed E-state index contributed by atoms with van der Waals surface area (Å²) in [5.74, 6) is -3.86. The average molecular weight is 525 g/mol. The Bertz CT molecular complexity index is 1290. The van der Waals surface area contributed by atoms with Crippen LogP contribution in [0.3, 0.4) is 0 Å². The van der Waals surface area contributed by atoms with E-state index >= 15 is 0 Å². The highest BCUT2D eigenvalue weighted by molar-refractivity contribution is 7.58. The fraction of sp³-hybridized carbons (Fsp3) is 0.458. The van der Waals surface area contributed by atoms with Gasteiger partial charge in [-0.05, 0) is 13.0 Å². The maximum absolute atomic E-state index is 13.9. The van der Waals surface area contributed by atoms with Gasteiger partial charge in [0.15, 0.2) is 11.5 Å². The molecule has 1 aliphatic heterocycles. The molecule has 0 spiro atoms. The van der Waals surface area contributed by atoms with Gasteiger partial charge in [0.25, 0.3) is 5.91 Å². The van der Waals surface area contributed by atoms with Crippen molar-refractivity contribution in [3.05, 3.63) is 63.1 Å². The average Bonchev–Trinajstić information content (AvgIpc) is 2.78. The van der Waals surface area contributed by atoms with Crippen LogP contribution in [0.1, 0.15) is 47.2 Å². The van der Waals surface area contributed by atoms with Gasteiger partial charge in [-0.25, -0.2) is 8.78 Å². The standard InChI is InChI=1S/C24H30F2N3O6P/c1-5-35-36(4,34)9-8-27-18-13-29-12-16(20(30)21(31)19(29)22(32)24(18,2)3)23(33)28-11-14-6-7-15(25)10-17(14)26/h6-7,10,12,18,27,31H,5,8-9,11,13H2,1-4H3,(H,28,33). The van der Waals surface area contributed by atoms with E-state index in [9.17, 15) is 32.8 Å². The lowest BCUT2D eigenvalue weighted by molar-refractivity contribution is 0.0699. The van der Waals surface area contributed by atoms with E-state index in [1.807, 2.05) is 0 Å². The Labute approximate surface area is 207 Å². The predicted octanol–water partition coefficient (Wildman–Crippen LogP) is 2.89. The van der Waals surface area contributed by atoms with E-state index in [4.69, 9.17) is 4.52 Å². The summed E-state index contributed by atoms with van der Waals surface area (Å²) in [7, 11) is -2.79. The molecule has 0 saturated carbocycles. The zero-order valence-electron chi connectivity index (χ0n) is 20.6. The van der Waals surface area contributed by atoms with Crippen LogP contribution in [0.25, 0.3) is 0 Å². The molecule has 1 aliphatic rings. The predicted molar refractivity (Wildman–Crippen MR) is 130 cm³/mol. The summed E-state index contributed by atoms with van der Waals surface area (Å²) in [4.78, 5) is 38.7. The molecule has 2 atom stereocenters. The zero-order valence-corrected chi connectivity index (χ0v) is 21.5. The fourth-order valence-corrected chi connectivity index (χ4v) is 5.33. The largest absolute Gasteiger partial charge is 0.503 e. The monoisotopic (exact) mass is 525 g/mol. The number of carbonyl (C=O) groups is 2. The SMILES string of the molecule is CCOP(C)(=O)CCNC1Cn2cc(C(=O)NCc3ccc(F)cc3F)c(=O)c(O)c2C(=O)C1(C)C. The fourth-order valence-electron chi connectivity index (χ4n) is 4.12. The second-order valence-electron chi connectivity index (χ2n) is 9.35. The number of nitrogens with one attached hydrogen (secondary N) is 2. The lowest BCUT2D eigenvalue weighted by atomic mass is 9.75. The Hall–Kier alpha value is -2.88. The molecule has 0 bridgehead atoms. The molecule has 1 amide bonds. The lowest BCUT2D eigenvalue weighted by Gasteiger charge is -2.40. The van der Waals surface area contributed by atoms with Crippen LogP contribution in [0, 0.1) is 17.0 Å². The molecular formula is C24H30F2N3O6P. The Morgan fingerprint density at radius 3 is 2.64 bits per heavy atom. The highest BCUT2D eigenvalue weighted by atomic mass is 31.2. The molecule has 3 rings (SSSR count). The van der Waals surface area contributed by atoms with E-state index in [-0.39, 0.29) is 30.5 Å². The van der Waals surface area contributed by atoms with Crippen LogP contribution < -0.4 is 16.1 Å². The van der Waals surface area contributed by atoms with E-state index in [1.165, 1.54) is 23.5 Å². The first kappa shape index (κ1) is 27.7. The molecule has 3 N–H and O–H groups in total. The van der Waals surface area contributed by atoms with E-state index in [2.05, 4.69) is 10.6 Å². The van der Waals surface area contributed by atoms with Crippen molar-refractivity contribution in [3.8, 4) is 5.75 Å². The van der Waals surface area contributed by atoms with E-state index in [1.54, 1.807) is 20.8 Å². The zero-order chi connectivity index (χ0) is 26.8. The van der Waals surface area contributed by atoms with E-state index < -0.39 is 58.9 Å². The summed E-state index contributed by atoms with van der Waals surface area (Å²) in [5, 5.41) is 16.1. The normalized spacial score (nSPS) is 18.4. The summed E-state index contributed by atoms with van der Waals surface area (Å²) in [6.45, 7) is 7.07. The number of amides is 1. The summed E-state index contributed by atoms with van der Waals surface area (Å²) in [6, 6.07) is 2.41. The first-order valence-electron chi connectivity index (χ1n) is 11.5. The van der Waals surface area contributed by atoms with Gasteiger partial charge in [-0.2, -0.15) is 0 Å². The van der Waals surface area contributed by atoms with E-state index in [0.717, 1.165) is 6.07 Å². The number of pyridine rings is 1. The van der Waals surface area contributed by atoms with Crippen LogP contribution in [0.15, 0.2) is 29.2 Å². The van der Waals surface area contributed by atoms with Crippen molar-refractivity contribution in [3.63, 3.8) is 0 Å². The molecule has 36 heavy (non-hydrogen) atoms. The number of hydrogen-bond acceptors (Lipinski definition) is 7. The van der Waals surface area contributed by atoms with Crippen molar-refractivity contribution in [2.45, 2.75) is 39.9 Å². The van der Waals surface area contributed by atoms with Crippen molar-refractivity contribution < 1.29 is 32.6 Å². The van der Waals surface area contributed by atoms with Crippen LogP contribution in [0.4, 0.5) is 8.78 Å². The van der Waals surface area contributed by atoms with Crippen molar-refractivity contribution >= 4 is 19.1 Å². The number of ketones is 1. The molecule has 2 unspecified atom stereocenters. The molecule has 1 aromatic carbocycles. The lowest BCUT2D eigenvalue weighted by Crippen LogP contribution is -2.54. The van der Waals surface area contributed by atoms with Gasteiger partial charge in [-0.1, -0.05) is 19.9 Å². The minimum absolute atomic E-state index is 0.00786. The van der Waals surface area contributed by atoms with Crippen LogP contribution in [0.2, 0.25) is 0 Å². The smallest absolute Gasteiger partial charge is 0.257 e. The third-order valence-corrected chi connectivity index (χ3v) is 8.16. The topological polar surface area (TPSA) is 127 Å². The molecule has 2 aromatic rings. The van der Waals surface area contributed by atoms with Gasteiger partial charge in [0, 0.05) is 61.7 Å². The maximum atomic E-state index is 13.9. The first-order chi connectivity index (χ1) is 16.8. The third-order valence-electron chi connectivity index (χ3n) is 6.32. The van der Waals surface area contributed by atoms with Crippen molar-refractivity contribution in [2.75, 3.05) is 26.0 Å². The van der Waals surface area contributed by atoms with Gasteiger partial charge < -0.3 is 24.8 Å². The van der Waals surface area contributed by atoms with E-state index in [0.29, 0.717) is 19.2 Å². The van der Waals surface area contributed by atoms with Crippen molar-refractivity contribution in [2.24, 2.45) is 5.41 Å². The molecule has 12 heteroatoms. The molecule has 0 fully saturated rings. The summed E-state index contributed by atoms with van der Waals surface area (Å²) in [6.07, 6.45) is 1.43. The molecule has 196 valence electrons. The summed E-state index contributed by atoms with van der Waals surface area (Å²) in [5.41, 5.74) is -2.68. The minimum atomic E-state index is -2.79. The molecule has 9 nitrogen and oxygen atoms in total. The Balaban J connectivity index is 1.84. The van der Waals surface area contributed by atoms with Crippen LogP contribution in [-0.4, -0.2) is 53.4 Å². The van der Waals surface area contributed by atoms with Gasteiger partial charge in [0.1, 0.15) is 22.9 Å². The molecule has 0 saturated heterocycles. The molecule has 0 aliphatic carbocycles. The van der Waals surface area contributed by atoms with Crippen LogP contribution in [-0.2, 0) is 22.2 Å². The van der Waals surface area contributed by atoms with Gasteiger partial charge in [0.05, 0.1) is 6.61 Å². The number of aromatic hydroxyl groups is 1. The summed E-state index contributed by atoms with van der Waals surface area (Å²) < 4.78 is 46.0. The van der Waals surface area contributed by atoms with Gasteiger partial charge in [0.2, 0.25) is 12.8 Å². The number of nitrogens with zero attached hydrogens (tertiary/aromatic N) is 1. The number of halogens is 2. The molecule has 1 aromatic heterocycles. The highest BCUT2D eigenvalue weighted by Crippen LogP contribution is 2.42. The number of benzene rings is 1. The number of aromatic nitrogens is 1. The maximum Gasteiger partial charge on any atom is 0.257 e. The second-order valence-corrected chi connectivity index (χ2v) is 12.1. The number of carbonyl (C=O) groups excluding carboxylic acids is 2. The highest BCUT2D eigenvalue weighted by Gasteiger charge is 2.44. The van der Waals surface area contributed by atoms with Crippen LogP contribution >= 0.6 is 7.37 Å². The number of Topliss-reactive ketones (excluding diaryl/α,β-unsaturated/α-hetero) is 1. The summed E-state index contributed by atoms with van der Waals surface area (Å²) >= 11 is 0. The first-order valence-corrected chi connectivity index (χ1v) is 13.7. The van der Waals surface area contributed by atoms with Crippen molar-refractivity contribution in [1.82, 2.24) is 15.2 Å². The quantitative estimate of drug-likeness (QED) is 0.430. The van der Waals surface area contributed by atoms with Gasteiger partial charge >= 0.3 is 0 Å². The van der Waals surface area contributed by atoms with Crippen molar-refractivity contribution in [1.29, 1.82) is 0 Å². The van der Waals surface area contributed by atoms with Gasteiger partial charge in [-0.15, -0.1) is 0 Å². The minimum Gasteiger partial charge on any atom is -0.503 e. The third kappa shape index (κ3) is 5.74. The Morgan fingerprint density at radius 2 is 2.00 bits per heavy atom. The number of hydrogen-bond donors (Lipinski definition) is 3. The number of rotatable bonds is 9. The van der Waals surface area contributed by atoms with Crippen LogP contribution in [0.5, 0.6) is 5.75 Å². The van der Waals surface area contributed by atoms with Gasteiger partial charge in [-0.3, -0.25) is 18.9 Å². The molecular weight excluding hydrogens is 495 g/mol. The second kappa shape index (κ2) is 10.6. The Morgan fingerprint density at radius 1 is 1.31 bits per heavy atom.